The summed E-state index contributed by atoms with van der Waals surface area (Å²) in [7, 11) is -3.09. The number of hydrogen-bond donors (Lipinski definition) is 1. The minimum Gasteiger partial charge on any atom is -0.493 e. The molecule has 0 bridgehead atoms. The molecular weight excluding hydrogens is 474 g/mol. The van der Waals surface area contributed by atoms with Gasteiger partial charge in [0, 0.05) is 11.6 Å². The van der Waals surface area contributed by atoms with Gasteiger partial charge in [-0.15, -0.1) is 0 Å². The van der Waals surface area contributed by atoms with Gasteiger partial charge >= 0.3 is 10.1 Å². The molecule has 0 atom stereocenters. The maximum absolute atomic E-state index is 12.7. The number of nitro groups is 1. The predicted molar refractivity (Wildman–Crippen MR) is 120 cm³/mol. The fourth-order valence-corrected chi connectivity index (χ4v) is 3.78. The number of nitro benzene ring substituents is 1. The Morgan fingerprint density at radius 3 is 2.61 bits per heavy atom. The zero-order valence-corrected chi connectivity index (χ0v) is 19.1. The first-order valence-corrected chi connectivity index (χ1v) is 11.0. The van der Waals surface area contributed by atoms with Gasteiger partial charge in [0.15, 0.2) is 11.5 Å². The molecule has 1 heterocycles. The van der Waals surface area contributed by atoms with Crippen LogP contribution in [0.4, 0.5) is 5.69 Å². The lowest BCUT2D eigenvalue weighted by atomic mass is 10.2. The molecule has 14 heteroatoms. The molecule has 0 amide bonds. The van der Waals surface area contributed by atoms with E-state index in [1.165, 1.54) is 57.5 Å². The summed E-state index contributed by atoms with van der Waals surface area (Å²) in [5.41, 5.74) is 0.0730. The van der Waals surface area contributed by atoms with Crippen molar-refractivity contribution in [3.63, 3.8) is 0 Å². The molecule has 3 aromatic rings. The fourth-order valence-electron chi connectivity index (χ4n) is 2.64. The number of H-pyrrole nitrogens is 1. The normalized spacial score (nSPS) is 11.5. The van der Waals surface area contributed by atoms with Gasteiger partial charge in [-0.1, -0.05) is 6.07 Å². The van der Waals surface area contributed by atoms with E-state index in [-0.39, 0.29) is 32.5 Å². The van der Waals surface area contributed by atoms with Crippen molar-refractivity contribution in [1.29, 1.82) is 0 Å². The van der Waals surface area contributed by atoms with Crippen molar-refractivity contribution in [1.82, 2.24) is 14.9 Å². The van der Waals surface area contributed by atoms with E-state index in [4.69, 9.17) is 21.1 Å². The van der Waals surface area contributed by atoms with Crippen molar-refractivity contribution in [2.45, 2.75) is 18.7 Å². The summed E-state index contributed by atoms with van der Waals surface area (Å²) in [6, 6.07) is 7.68. The summed E-state index contributed by atoms with van der Waals surface area (Å²) >= 11 is 5.00. The van der Waals surface area contributed by atoms with Crippen LogP contribution in [-0.2, 0) is 10.1 Å². The molecule has 12 nitrogen and oxygen atoms in total. The average molecular weight is 492 g/mol. The predicted octanol–water partition coefficient (Wildman–Crippen LogP) is 2.48. The molecule has 0 aliphatic heterocycles. The number of aromatic nitrogens is 3. The monoisotopic (exact) mass is 491 g/mol. The van der Waals surface area contributed by atoms with Crippen LogP contribution in [0.1, 0.15) is 16.8 Å². The number of hydrogen-bond acceptors (Lipinski definition) is 10. The molecule has 2 aromatic carbocycles. The molecule has 0 fully saturated rings. The van der Waals surface area contributed by atoms with Crippen molar-refractivity contribution in [2.75, 3.05) is 7.11 Å². The lowest BCUT2D eigenvalue weighted by Crippen LogP contribution is -2.22. The Kier molecular flexibility index (Phi) is 6.69. The molecule has 0 aliphatic carbocycles. The largest absolute Gasteiger partial charge is 0.493 e. The number of nitrogens with one attached hydrogen (secondary N) is 1. The van der Waals surface area contributed by atoms with Crippen molar-refractivity contribution in [3.8, 4) is 11.5 Å². The number of methoxy groups -OCH3 is 1. The summed E-state index contributed by atoms with van der Waals surface area (Å²) < 4.78 is 36.6. The topological polar surface area (TPSA) is 159 Å². The molecule has 33 heavy (non-hydrogen) atoms. The second kappa shape index (κ2) is 9.30. The van der Waals surface area contributed by atoms with E-state index < -0.39 is 20.6 Å². The van der Waals surface area contributed by atoms with Crippen molar-refractivity contribution in [2.24, 2.45) is 5.10 Å². The lowest BCUT2D eigenvalue weighted by molar-refractivity contribution is -0.385. The third kappa shape index (κ3) is 5.12. The maximum Gasteiger partial charge on any atom is 0.339 e. The van der Waals surface area contributed by atoms with Crippen LogP contribution in [0.25, 0.3) is 0 Å². The smallest absolute Gasteiger partial charge is 0.339 e. The summed E-state index contributed by atoms with van der Waals surface area (Å²) in [6.07, 6.45) is 1.31. The highest BCUT2D eigenvalue weighted by Crippen LogP contribution is 2.31. The lowest BCUT2D eigenvalue weighted by Gasteiger charge is -2.11. The molecule has 0 unspecified atom stereocenters. The van der Waals surface area contributed by atoms with Gasteiger partial charge in [-0.3, -0.25) is 20.0 Å². The summed E-state index contributed by atoms with van der Waals surface area (Å²) in [4.78, 5) is 22.2. The van der Waals surface area contributed by atoms with E-state index >= 15 is 0 Å². The van der Waals surface area contributed by atoms with Crippen LogP contribution in [-0.4, -0.2) is 41.5 Å². The number of nitrogens with zero attached hydrogens (tertiary/aromatic N) is 4. The molecule has 0 aliphatic rings. The van der Waals surface area contributed by atoms with E-state index in [1.54, 1.807) is 0 Å². The van der Waals surface area contributed by atoms with Crippen molar-refractivity contribution in [3.05, 3.63) is 78.5 Å². The van der Waals surface area contributed by atoms with E-state index in [0.717, 1.165) is 10.7 Å². The highest BCUT2D eigenvalue weighted by molar-refractivity contribution is 7.87. The molecule has 0 saturated carbocycles. The Bertz CT molecular complexity index is 1490. The van der Waals surface area contributed by atoms with E-state index in [1.807, 2.05) is 0 Å². The number of aromatic amines is 1. The van der Waals surface area contributed by atoms with Gasteiger partial charge in [-0.25, -0.2) is 0 Å². The number of benzene rings is 2. The zero-order chi connectivity index (χ0) is 24.3. The Morgan fingerprint density at radius 2 is 1.94 bits per heavy atom. The van der Waals surface area contributed by atoms with E-state index in [2.05, 4.69) is 15.3 Å². The van der Waals surface area contributed by atoms with Crippen LogP contribution in [0.2, 0.25) is 0 Å². The Morgan fingerprint density at radius 1 is 1.21 bits per heavy atom. The zero-order valence-electron chi connectivity index (χ0n) is 17.5. The quantitative estimate of drug-likeness (QED) is 0.172. The average Bonchev–Trinajstić information content (AvgIpc) is 2.77. The Labute approximate surface area is 192 Å². The van der Waals surface area contributed by atoms with Gasteiger partial charge in [-0.05, 0) is 55.9 Å². The minimum atomic E-state index is -4.39. The van der Waals surface area contributed by atoms with Crippen LogP contribution in [0, 0.1) is 28.7 Å². The van der Waals surface area contributed by atoms with Crippen LogP contribution in [0.3, 0.4) is 0 Å². The fraction of sp³-hybridized carbons (Fsp3) is 0.158. The molecule has 0 saturated heterocycles. The van der Waals surface area contributed by atoms with Gasteiger partial charge in [0.1, 0.15) is 10.6 Å². The van der Waals surface area contributed by atoms with E-state index in [9.17, 15) is 23.3 Å². The van der Waals surface area contributed by atoms with Crippen molar-refractivity contribution >= 4 is 34.2 Å². The van der Waals surface area contributed by atoms with Gasteiger partial charge < -0.3 is 8.92 Å². The third-order valence-corrected chi connectivity index (χ3v) is 5.88. The second-order valence-corrected chi connectivity index (χ2v) is 8.56. The minimum absolute atomic E-state index is 0.00736. The molecule has 172 valence electrons. The highest BCUT2D eigenvalue weighted by atomic mass is 32.2. The molecule has 3 rings (SSSR count). The SMILES string of the molecule is COc1cc(C=Nn2c(=S)[nH]nc(C)c2=O)ccc1OS(=O)(=O)c1ccc(C)c([N+](=O)[O-])c1. The highest BCUT2D eigenvalue weighted by Gasteiger charge is 2.23. The molecule has 0 radical (unpaired) electrons. The molecule has 0 spiro atoms. The summed E-state index contributed by atoms with van der Waals surface area (Å²) in [5, 5.41) is 21.4. The van der Waals surface area contributed by atoms with Gasteiger partial charge in [0.25, 0.3) is 11.2 Å². The van der Waals surface area contributed by atoms with Gasteiger partial charge in [0.2, 0.25) is 4.77 Å². The van der Waals surface area contributed by atoms with Gasteiger partial charge in [-0.2, -0.15) is 23.3 Å². The second-order valence-electron chi connectivity index (χ2n) is 6.63. The van der Waals surface area contributed by atoms with Crippen LogP contribution >= 0.6 is 12.2 Å². The number of ether oxygens (including phenoxy) is 1. The first-order chi connectivity index (χ1) is 15.5. The van der Waals surface area contributed by atoms with Crippen LogP contribution in [0.15, 0.2) is 51.2 Å². The molecule has 1 N–H and O–H groups in total. The first kappa shape index (κ1) is 23.7. The number of rotatable bonds is 7. The maximum atomic E-state index is 12.7. The van der Waals surface area contributed by atoms with E-state index in [0.29, 0.717) is 11.1 Å². The van der Waals surface area contributed by atoms with Gasteiger partial charge in [0.05, 0.1) is 18.2 Å². The van der Waals surface area contributed by atoms with Crippen molar-refractivity contribution < 1.29 is 22.3 Å². The summed E-state index contributed by atoms with van der Waals surface area (Å²) in [6.45, 7) is 2.99. The van der Waals surface area contributed by atoms with Crippen LogP contribution in [0.5, 0.6) is 11.5 Å². The standard InChI is InChI=1S/C19H17N5O7S2/c1-11-4-6-14(9-15(11)24(26)27)33(28,29)31-16-7-5-13(8-17(16)30-3)10-20-23-18(25)12(2)21-22-19(23)32/h4-10H,1-3H3,(H,22,32). The first-order valence-electron chi connectivity index (χ1n) is 9.13. The van der Waals surface area contributed by atoms with Crippen LogP contribution < -0.4 is 14.5 Å². The Balaban J connectivity index is 1.93. The third-order valence-electron chi connectivity index (χ3n) is 4.39. The molecule has 1 aromatic heterocycles. The summed E-state index contributed by atoms with van der Waals surface area (Å²) in [5.74, 6) is -0.0976. The Hall–Kier alpha value is -3.91. The molecular formula is C19H17N5O7S2. The number of aryl methyl sites for hydroxylation is 2.